The summed E-state index contributed by atoms with van der Waals surface area (Å²) in [6.07, 6.45) is 1.91. The van der Waals surface area contributed by atoms with Crippen LogP contribution in [0.4, 0.5) is 19.0 Å². The van der Waals surface area contributed by atoms with E-state index in [2.05, 4.69) is 56.9 Å². The average Bonchev–Trinajstić information content (AvgIpc) is 3.63. The molecule has 5 heterocycles. The Morgan fingerprint density at radius 1 is 1.15 bits per heavy atom. The zero-order valence-electron chi connectivity index (χ0n) is 26.0. The molecule has 0 unspecified atom stereocenters. The van der Waals surface area contributed by atoms with E-state index >= 15 is 0 Å². The van der Waals surface area contributed by atoms with Gasteiger partial charge in [-0.2, -0.15) is 18.4 Å². The minimum Gasteiger partial charge on any atom is -0.367 e. The standard InChI is InChI=1S/C35H34F3N7OS/c1-3-28(46)14-23-4-6-25(40-19-23)10-13-45-27(18-39)15-30-22(2)24(5-7-32(30)45)20-44-11-8-26(9-12-44)43-33-31-16-29(17-35(36,37)38)47-34(31)42-21-41-33/h3-7,15-16,19,21,26H,1,8-14,17,20H2,2H3,(H,41,42,43). The summed E-state index contributed by atoms with van der Waals surface area (Å²) in [6, 6.07) is 14.1. The lowest BCUT2D eigenvalue weighted by molar-refractivity contribution is -0.126. The molecule has 0 aliphatic carbocycles. The number of carbonyl (C=O) groups excluding carboxylic acids is 1. The Morgan fingerprint density at radius 3 is 2.66 bits per heavy atom. The number of ketones is 1. The van der Waals surface area contributed by atoms with E-state index < -0.39 is 12.6 Å². The lowest BCUT2D eigenvalue weighted by atomic mass is 10.0. The Bertz CT molecular complexity index is 1970. The number of pyridine rings is 1. The summed E-state index contributed by atoms with van der Waals surface area (Å²) < 4.78 is 40.8. The summed E-state index contributed by atoms with van der Waals surface area (Å²) in [5.74, 6) is 0.544. The third-order valence-corrected chi connectivity index (χ3v) is 9.79. The fourth-order valence-corrected chi connectivity index (χ4v) is 7.23. The Labute approximate surface area is 274 Å². The maximum Gasteiger partial charge on any atom is 0.393 e. The first-order valence-corrected chi connectivity index (χ1v) is 16.3. The van der Waals surface area contributed by atoms with Crippen molar-refractivity contribution < 1.29 is 18.0 Å². The first kappa shape index (κ1) is 32.3. The van der Waals surface area contributed by atoms with Crippen LogP contribution >= 0.6 is 11.3 Å². The molecule has 0 atom stereocenters. The van der Waals surface area contributed by atoms with Crippen LogP contribution in [0, 0.1) is 18.3 Å². The number of nitrogens with one attached hydrogen (secondary N) is 1. The second kappa shape index (κ2) is 13.6. The highest BCUT2D eigenvalue weighted by Gasteiger charge is 2.29. The van der Waals surface area contributed by atoms with Crippen molar-refractivity contribution in [3.63, 3.8) is 0 Å². The van der Waals surface area contributed by atoms with Gasteiger partial charge in [0.2, 0.25) is 0 Å². The zero-order valence-corrected chi connectivity index (χ0v) is 26.8. The normalized spacial score (nSPS) is 14.4. The summed E-state index contributed by atoms with van der Waals surface area (Å²) in [7, 11) is 0. The Balaban J connectivity index is 1.08. The molecular formula is C35H34F3N7OS. The third-order valence-electron chi connectivity index (χ3n) is 8.74. The summed E-state index contributed by atoms with van der Waals surface area (Å²) in [4.78, 5) is 27.9. The van der Waals surface area contributed by atoms with Crippen LogP contribution < -0.4 is 5.32 Å². The van der Waals surface area contributed by atoms with Crippen LogP contribution in [0.25, 0.3) is 21.1 Å². The van der Waals surface area contributed by atoms with Crippen LogP contribution in [0.3, 0.4) is 0 Å². The van der Waals surface area contributed by atoms with Gasteiger partial charge >= 0.3 is 6.18 Å². The molecule has 12 heteroatoms. The van der Waals surface area contributed by atoms with Gasteiger partial charge in [0.1, 0.15) is 28.7 Å². The topological polar surface area (TPSA) is 99.7 Å². The lowest BCUT2D eigenvalue weighted by Crippen LogP contribution is -2.39. The van der Waals surface area contributed by atoms with E-state index in [0.29, 0.717) is 34.7 Å². The van der Waals surface area contributed by atoms with Crippen molar-refractivity contribution in [2.75, 3.05) is 18.4 Å². The maximum atomic E-state index is 12.9. The van der Waals surface area contributed by atoms with E-state index in [1.807, 2.05) is 22.8 Å². The first-order valence-electron chi connectivity index (χ1n) is 15.5. The van der Waals surface area contributed by atoms with Crippen molar-refractivity contribution in [3.8, 4) is 6.07 Å². The number of likely N-dealkylation sites (tertiary alicyclic amines) is 1. The van der Waals surface area contributed by atoms with Crippen molar-refractivity contribution in [1.29, 1.82) is 5.26 Å². The predicted molar refractivity (Wildman–Crippen MR) is 177 cm³/mol. The van der Waals surface area contributed by atoms with Gasteiger partial charge in [-0.25, -0.2) is 9.97 Å². The quantitative estimate of drug-likeness (QED) is 0.154. The number of fused-ring (bicyclic) bond motifs is 2. The highest BCUT2D eigenvalue weighted by atomic mass is 32.1. The van der Waals surface area contributed by atoms with Gasteiger partial charge in [-0.15, -0.1) is 11.3 Å². The summed E-state index contributed by atoms with van der Waals surface area (Å²) in [5.41, 5.74) is 5.73. The third kappa shape index (κ3) is 7.53. The Kier molecular flexibility index (Phi) is 9.38. The fraction of sp³-hybridized carbons (Fsp3) is 0.343. The molecule has 1 aliphatic heterocycles. The second-order valence-corrected chi connectivity index (χ2v) is 13.1. The molecule has 1 aliphatic rings. The Morgan fingerprint density at radius 2 is 1.96 bits per heavy atom. The molecule has 4 aromatic heterocycles. The molecule has 8 nitrogen and oxygen atoms in total. The number of aromatic nitrogens is 4. The fourth-order valence-electron chi connectivity index (χ4n) is 6.21. The zero-order chi connectivity index (χ0) is 33.1. The molecule has 1 saturated heterocycles. The lowest BCUT2D eigenvalue weighted by Gasteiger charge is -2.33. The van der Waals surface area contributed by atoms with Crippen LogP contribution in [0.15, 0.2) is 61.6 Å². The molecule has 47 heavy (non-hydrogen) atoms. The number of allylic oxidation sites excluding steroid dienone is 1. The van der Waals surface area contributed by atoms with E-state index in [9.17, 15) is 23.2 Å². The highest BCUT2D eigenvalue weighted by molar-refractivity contribution is 7.18. The molecule has 1 fully saturated rings. The molecule has 1 N–H and O–H groups in total. The Hall–Kier alpha value is -4.60. The molecule has 242 valence electrons. The average molecular weight is 658 g/mol. The molecule has 0 saturated carbocycles. The number of nitriles is 1. The van der Waals surface area contributed by atoms with Crippen molar-refractivity contribution in [2.24, 2.45) is 0 Å². The van der Waals surface area contributed by atoms with Gasteiger partial charge in [0.05, 0.1) is 11.8 Å². The van der Waals surface area contributed by atoms with Crippen LogP contribution in [-0.4, -0.2) is 55.5 Å². The minimum absolute atomic E-state index is 0.0435. The molecule has 5 aromatic rings. The van der Waals surface area contributed by atoms with Crippen molar-refractivity contribution >= 4 is 44.1 Å². The predicted octanol–water partition coefficient (Wildman–Crippen LogP) is 6.94. The van der Waals surface area contributed by atoms with E-state index in [0.717, 1.165) is 71.5 Å². The SMILES string of the molecule is C=CC(=O)Cc1ccc(CCn2c(C#N)cc3c(C)c(CN4CCC(Nc5ncnc6sc(CC(F)(F)F)cc56)CC4)ccc32)nc1. The minimum atomic E-state index is -4.26. The number of anilines is 1. The van der Waals surface area contributed by atoms with Crippen molar-refractivity contribution in [1.82, 2.24) is 24.4 Å². The maximum absolute atomic E-state index is 12.9. The number of nitrogens with zero attached hydrogens (tertiary/aromatic N) is 6. The number of halogens is 3. The smallest absolute Gasteiger partial charge is 0.367 e. The molecular weight excluding hydrogens is 623 g/mol. The summed E-state index contributed by atoms with van der Waals surface area (Å²) in [5, 5.41) is 15.1. The van der Waals surface area contributed by atoms with E-state index in [4.69, 9.17) is 0 Å². The van der Waals surface area contributed by atoms with E-state index in [1.165, 1.54) is 18.0 Å². The van der Waals surface area contributed by atoms with Crippen LogP contribution in [0.2, 0.25) is 0 Å². The van der Waals surface area contributed by atoms with E-state index in [1.54, 1.807) is 12.3 Å². The van der Waals surface area contributed by atoms with E-state index in [-0.39, 0.29) is 23.1 Å². The van der Waals surface area contributed by atoms with Gasteiger partial charge in [0, 0.05) is 72.7 Å². The molecule has 0 spiro atoms. The van der Waals surface area contributed by atoms with Gasteiger partial charge in [-0.05, 0) is 66.8 Å². The van der Waals surface area contributed by atoms with Crippen molar-refractivity contribution in [3.05, 3.63) is 94.5 Å². The largest absolute Gasteiger partial charge is 0.393 e. The van der Waals surface area contributed by atoms with Crippen molar-refractivity contribution in [2.45, 2.75) is 64.3 Å². The molecule has 0 bridgehead atoms. The molecule has 1 aromatic carbocycles. The summed E-state index contributed by atoms with van der Waals surface area (Å²) >= 11 is 1.06. The van der Waals surface area contributed by atoms with Gasteiger partial charge in [0.25, 0.3) is 0 Å². The van der Waals surface area contributed by atoms with Crippen LogP contribution in [-0.2, 0) is 37.1 Å². The number of thiophene rings is 1. The van der Waals surface area contributed by atoms with Crippen LogP contribution in [0.1, 0.15) is 45.8 Å². The highest BCUT2D eigenvalue weighted by Crippen LogP contribution is 2.33. The number of aryl methyl sites for hydroxylation is 3. The van der Waals surface area contributed by atoms with Gasteiger partial charge in [-0.3, -0.25) is 14.7 Å². The number of rotatable bonds is 11. The summed E-state index contributed by atoms with van der Waals surface area (Å²) in [6.45, 7) is 8.75. The number of alkyl halides is 3. The van der Waals surface area contributed by atoms with Gasteiger partial charge < -0.3 is 9.88 Å². The van der Waals surface area contributed by atoms with Gasteiger partial charge in [0.15, 0.2) is 5.78 Å². The monoisotopic (exact) mass is 657 g/mol. The molecule has 0 amide bonds. The van der Waals surface area contributed by atoms with Crippen LogP contribution in [0.5, 0.6) is 0 Å². The first-order chi connectivity index (χ1) is 22.6. The molecule has 6 rings (SSSR count). The number of carbonyl (C=O) groups is 1. The number of hydrogen-bond donors (Lipinski definition) is 1. The number of benzene rings is 1. The second-order valence-electron chi connectivity index (χ2n) is 12.0. The number of piperidine rings is 1. The van der Waals surface area contributed by atoms with Gasteiger partial charge in [-0.1, -0.05) is 18.7 Å². The molecule has 0 radical (unpaired) electrons. The number of hydrogen-bond acceptors (Lipinski definition) is 8.